The molecule has 36 heavy (non-hydrogen) atoms. The Morgan fingerprint density at radius 2 is 2.14 bits per heavy atom. The molecule has 8 heteroatoms. The molecule has 0 unspecified atom stereocenters. The van der Waals surface area contributed by atoms with E-state index in [1.165, 1.54) is 13.2 Å². The van der Waals surface area contributed by atoms with Crippen molar-refractivity contribution in [3.63, 3.8) is 0 Å². The van der Waals surface area contributed by atoms with Gasteiger partial charge in [-0.3, -0.25) is 4.98 Å². The van der Waals surface area contributed by atoms with Crippen molar-refractivity contribution in [3.8, 4) is 41.4 Å². The minimum Gasteiger partial charge on any atom is -0.508 e. The molecule has 1 N–H and O–H groups in total. The first-order valence-corrected chi connectivity index (χ1v) is 11.6. The fourth-order valence-corrected chi connectivity index (χ4v) is 5.09. The van der Waals surface area contributed by atoms with E-state index in [4.69, 9.17) is 11.2 Å². The fraction of sp³-hybridized carbons (Fsp3) is 0.286. The Bertz CT molecular complexity index is 1590. The molecule has 0 spiro atoms. The predicted octanol–water partition coefficient (Wildman–Crippen LogP) is 5.20. The maximum absolute atomic E-state index is 16.2. The number of anilines is 1. The molecule has 3 heterocycles. The van der Waals surface area contributed by atoms with Crippen LogP contribution in [0.15, 0.2) is 36.5 Å². The van der Waals surface area contributed by atoms with Crippen LogP contribution in [0.25, 0.3) is 32.9 Å². The van der Waals surface area contributed by atoms with Gasteiger partial charge in [0.05, 0.1) is 18.6 Å². The molecule has 180 valence electrons. The van der Waals surface area contributed by atoms with Crippen LogP contribution in [0, 0.1) is 34.9 Å². The minimum absolute atomic E-state index is 0.0192. The Kier molecular flexibility index (Phi) is 5.81. The molecule has 1 atom stereocenters. The lowest BCUT2D eigenvalue weighted by Gasteiger charge is -2.40. The summed E-state index contributed by atoms with van der Waals surface area (Å²) < 4.78 is 21.5. The van der Waals surface area contributed by atoms with Gasteiger partial charge < -0.3 is 14.7 Å². The average Bonchev–Trinajstić information content (AvgIpc) is 2.87. The summed E-state index contributed by atoms with van der Waals surface area (Å²) in [7, 11) is 1.43. The number of rotatable bonds is 4. The molecule has 0 radical (unpaired) electrons. The number of phenolic OH excluding ortho intramolecular Hbond substituents is 1. The number of phenols is 1. The van der Waals surface area contributed by atoms with E-state index >= 15 is 4.39 Å². The summed E-state index contributed by atoms with van der Waals surface area (Å²) in [5.74, 6) is 2.46. The van der Waals surface area contributed by atoms with Crippen LogP contribution in [0.1, 0.15) is 31.7 Å². The number of hydrogen-bond donors (Lipinski definition) is 1. The number of benzene rings is 2. The molecule has 2 aromatic heterocycles. The lowest BCUT2D eigenvalue weighted by atomic mass is 9.79. The highest BCUT2D eigenvalue weighted by molar-refractivity contribution is 6.02. The summed E-state index contributed by atoms with van der Waals surface area (Å²) in [5, 5.41) is 21.4. The molecule has 2 aromatic carbocycles. The number of terminal acetylenes is 1. The lowest BCUT2D eigenvalue weighted by molar-refractivity contribution is 0.266. The molecule has 4 aromatic rings. The number of aromatic hydroxyl groups is 1. The van der Waals surface area contributed by atoms with Gasteiger partial charge in [-0.15, -0.1) is 6.42 Å². The molecule has 1 fully saturated rings. The Hall–Kier alpha value is -4.43. The van der Waals surface area contributed by atoms with E-state index in [-0.39, 0.29) is 28.4 Å². The van der Waals surface area contributed by atoms with Crippen LogP contribution in [0.3, 0.4) is 0 Å². The van der Waals surface area contributed by atoms with Gasteiger partial charge in [-0.1, -0.05) is 25.0 Å². The van der Waals surface area contributed by atoms with E-state index in [9.17, 15) is 10.4 Å². The Balaban J connectivity index is 1.73. The third kappa shape index (κ3) is 3.91. The van der Waals surface area contributed by atoms with Gasteiger partial charge in [0, 0.05) is 42.2 Å². The molecule has 0 saturated carbocycles. The number of fused-ring (bicyclic) bond motifs is 2. The number of nitrogens with zero attached hydrogens (tertiary/aromatic N) is 5. The topological polar surface area (TPSA) is 95.2 Å². The zero-order valence-electron chi connectivity index (χ0n) is 20.0. The van der Waals surface area contributed by atoms with Gasteiger partial charge in [0.25, 0.3) is 0 Å². The Morgan fingerprint density at radius 1 is 1.31 bits per heavy atom. The number of halogens is 1. The SMILES string of the molecule is C#Cc1cccc2cc(O)cc(-c3ncc4c(N5CCC[C@@](C)(CC#N)C5)nc(OC)nc4c3F)c12. The van der Waals surface area contributed by atoms with E-state index in [0.717, 1.165) is 12.8 Å². The van der Waals surface area contributed by atoms with E-state index in [1.807, 2.05) is 4.90 Å². The van der Waals surface area contributed by atoms with Crippen molar-refractivity contribution < 1.29 is 14.2 Å². The summed E-state index contributed by atoms with van der Waals surface area (Å²) in [4.78, 5) is 15.4. The van der Waals surface area contributed by atoms with Gasteiger partial charge in [0.1, 0.15) is 22.8 Å². The molecule has 1 aliphatic rings. The molecular formula is C28H24FN5O2. The van der Waals surface area contributed by atoms with Crippen LogP contribution >= 0.6 is 0 Å². The average molecular weight is 482 g/mol. The van der Waals surface area contributed by atoms with Gasteiger partial charge in [0.2, 0.25) is 0 Å². The summed E-state index contributed by atoms with van der Waals surface area (Å²) in [6.07, 6.45) is 9.50. The largest absolute Gasteiger partial charge is 0.508 e. The van der Waals surface area contributed by atoms with Crippen LogP contribution in [0.4, 0.5) is 10.2 Å². The first kappa shape index (κ1) is 23.3. The third-order valence-electron chi connectivity index (χ3n) is 6.78. The zero-order valence-corrected chi connectivity index (χ0v) is 20.0. The first-order valence-electron chi connectivity index (χ1n) is 11.6. The number of aromatic nitrogens is 3. The number of nitriles is 1. The second-order valence-electron chi connectivity index (χ2n) is 9.43. The van der Waals surface area contributed by atoms with Crippen molar-refractivity contribution in [2.75, 3.05) is 25.1 Å². The van der Waals surface area contributed by atoms with Crippen molar-refractivity contribution in [3.05, 3.63) is 47.9 Å². The first-order chi connectivity index (χ1) is 17.4. The van der Waals surface area contributed by atoms with Crippen molar-refractivity contribution in [1.29, 1.82) is 5.26 Å². The predicted molar refractivity (Wildman–Crippen MR) is 136 cm³/mol. The monoisotopic (exact) mass is 481 g/mol. The third-order valence-corrected chi connectivity index (χ3v) is 6.78. The molecule has 0 aliphatic carbocycles. The lowest BCUT2D eigenvalue weighted by Crippen LogP contribution is -2.42. The standard InChI is InChI=1S/C28H24FN5O2/c1-4-17-7-5-8-18-13-19(35)14-20(22(17)18)24-23(29)25-21(15-31-24)26(33-27(32-25)36-3)34-12-6-9-28(2,16-34)10-11-30/h1,5,7-8,13-15,35H,6,9-10,12,16H2,2-3H3/t28-/m0/s1. The molecule has 5 rings (SSSR count). The molecule has 7 nitrogen and oxygen atoms in total. The highest BCUT2D eigenvalue weighted by Crippen LogP contribution is 2.40. The number of piperidine rings is 1. The van der Waals surface area contributed by atoms with Gasteiger partial charge in [-0.05, 0) is 41.8 Å². The van der Waals surface area contributed by atoms with Gasteiger partial charge >= 0.3 is 6.01 Å². The van der Waals surface area contributed by atoms with Crippen molar-refractivity contribution in [1.82, 2.24) is 15.0 Å². The quantitative estimate of drug-likeness (QED) is 0.400. The van der Waals surface area contributed by atoms with Crippen LogP contribution in [0.5, 0.6) is 11.8 Å². The van der Waals surface area contributed by atoms with Gasteiger partial charge in [0.15, 0.2) is 5.82 Å². The summed E-state index contributed by atoms with van der Waals surface area (Å²) in [6, 6.07) is 10.7. The van der Waals surface area contributed by atoms with E-state index < -0.39 is 5.82 Å². The summed E-state index contributed by atoms with van der Waals surface area (Å²) in [6.45, 7) is 3.39. The Morgan fingerprint density at radius 3 is 2.89 bits per heavy atom. The van der Waals surface area contributed by atoms with E-state index in [0.29, 0.717) is 52.6 Å². The zero-order chi connectivity index (χ0) is 25.4. The molecule has 0 amide bonds. The number of hydrogen-bond acceptors (Lipinski definition) is 7. The van der Waals surface area contributed by atoms with Crippen molar-refractivity contribution >= 4 is 27.5 Å². The van der Waals surface area contributed by atoms with Gasteiger partial charge in [-0.2, -0.15) is 15.2 Å². The molecule has 0 bridgehead atoms. The van der Waals surface area contributed by atoms with E-state index in [2.05, 4.69) is 33.9 Å². The van der Waals surface area contributed by atoms with E-state index in [1.54, 1.807) is 30.5 Å². The molecule has 1 aliphatic heterocycles. The second-order valence-corrected chi connectivity index (χ2v) is 9.43. The fourth-order valence-electron chi connectivity index (χ4n) is 5.09. The summed E-state index contributed by atoms with van der Waals surface area (Å²) in [5.41, 5.74) is 0.816. The summed E-state index contributed by atoms with van der Waals surface area (Å²) >= 11 is 0. The normalized spacial score (nSPS) is 17.6. The van der Waals surface area contributed by atoms with Crippen molar-refractivity contribution in [2.45, 2.75) is 26.2 Å². The molecular weight excluding hydrogens is 457 g/mol. The minimum atomic E-state index is -0.662. The highest BCUT2D eigenvalue weighted by Gasteiger charge is 2.33. The van der Waals surface area contributed by atoms with Crippen LogP contribution < -0.4 is 9.64 Å². The number of ether oxygens (including phenoxy) is 1. The van der Waals surface area contributed by atoms with Crippen molar-refractivity contribution in [2.24, 2.45) is 5.41 Å². The van der Waals surface area contributed by atoms with Crippen LogP contribution in [-0.2, 0) is 0 Å². The van der Waals surface area contributed by atoms with Gasteiger partial charge in [-0.25, -0.2) is 4.39 Å². The number of methoxy groups -OCH3 is 1. The Labute approximate surface area is 208 Å². The smallest absolute Gasteiger partial charge is 0.318 e. The maximum Gasteiger partial charge on any atom is 0.318 e. The van der Waals surface area contributed by atoms with Crippen LogP contribution in [0.2, 0.25) is 0 Å². The second kappa shape index (κ2) is 8.98. The number of pyridine rings is 1. The van der Waals surface area contributed by atoms with Crippen LogP contribution in [-0.4, -0.2) is 40.3 Å². The molecule has 1 saturated heterocycles. The maximum atomic E-state index is 16.2. The highest BCUT2D eigenvalue weighted by atomic mass is 19.1.